The number of aromatic nitrogens is 1. The molecule has 1 aliphatic rings. The second-order valence-corrected chi connectivity index (χ2v) is 7.12. The molecule has 5 nitrogen and oxygen atoms in total. The minimum Gasteiger partial charge on any atom is -0.383 e. The average Bonchev–Trinajstić information content (AvgIpc) is 2.61. The van der Waals surface area contributed by atoms with Crippen LogP contribution >= 0.6 is 0 Å². The quantitative estimate of drug-likeness (QED) is 0.821. The van der Waals surface area contributed by atoms with Crippen molar-refractivity contribution in [2.24, 2.45) is 0 Å². The van der Waals surface area contributed by atoms with Gasteiger partial charge in [-0.1, -0.05) is 20.8 Å². The number of carbonyl (C=O) groups is 1. The Morgan fingerprint density at radius 2 is 1.92 bits per heavy atom. The van der Waals surface area contributed by atoms with Crippen molar-refractivity contribution in [3.63, 3.8) is 0 Å². The smallest absolute Gasteiger partial charge is 0.257 e. The van der Waals surface area contributed by atoms with Crippen molar-refractivity contribution in [1.29, 1.82) is 0 Å². The standard InChI is InChI=1S/C20H34N4O/c1-5-12-24(16(6-2)7-3)17-10-13-23(14-11-17)20(25)18-9-8-15(4)22-19(18)21/h8-9,16-17H,5-7,10-14H2,1-4H3,(H2,21,22). The number of hydrogen-bond donors (Lipinski definition) is 1. The van der Waals surface area contributed by atoms with Crippen molar-refractivity contribution >= 4 is 11.7 Å². The summed E-state index contributed by atoms with van der Waals surface area (Å²) in [5.41, 5.74) is 7.33. The first-order valence-electron chi connectivity index (χ1n) is 9.79. The monoisotopic (exact) mass is 346 g/mol. The second-order valence-electron chi connectivity index (χ2n) is 7.12. The molecule has 1 aromatic heterocycles. The second kappa shape index (κ2) is 9.18. The van der Waals surface area contributed by atoms with E-state index in [1.807, 2.05) is 17.9 Å². The summed E-state index contributed by atoms with van der Waals surface area (Å²) in [6.07, 6.45) is 5.66. The van der Waals surface area contributed by atoms with Crippen LogP contribution in [0.3, 0.4) is 0 Å². The molecular formula is C20H34N4O. The Labute approximate surface area is 152 Å². The number of pyridine rings is 1. The largest absolute Gasteiger partial charge is 0.383 e. The van der Waals surface area contributed by atoms with Gasteiger partial charge in [-0.3, -0.25) is 9.69 Å². The highest BCUT2D eigenvalue weighted by molar-refractivity contribution is 5.98. The molecule has 2 heterocycles. The fraction of sp³-hybridized carbons (Fsp3) is 0.700. The zero-order valence-corrected chi connectivity index (χ0v) is 16.3. The molecule has 1 saturated heterocycles. The van der Waals surface area contributed by atoms with Gasteiger partial charge >= 0.3 is 0 Å². The third-order valence-electron chi connectivity index (χ3n) is 5.41. The van der Waals surface area contributed by atoms with Gasteiger partial charge in [0.15, 0.2) is 0 Å². The number of nitrogen functional groups attached to an aromatic ring is 1. The van der Waals surface area contributed by atoms with E-state index in [0.29, 0.717) is 23.5 Å². The van der Waals surface area contributed by atoms with Gasteiger partial charge in [0.05, 0.1) is 5.56 Å². The zero-order chi connectivity index (χ0) is 18.4. The Bertz CT molecular complexity index is 563. The third-order valence-corrected chi connectivity index (χ3v) is 5.41. The summed E-state index contributed by atoms with van der Waals surface area (Å²) in [4.78, 5) is 21.6. The van der Waals surface area contributed by atoms with E-state index in [0.717, 1.165) is 38.2 Å². The van der Waals surface area contributed by atoms with Crippen LogP contribution in [0.4, 0.5) is 5.82 Å². The first-order valence-corrected chi connectivity index (χ1v) is 9.79. The fourth-order valence-electron chi connectivity index (χ4n) is 4.01. The molecular weight excluding hydrogens is 312 g/mol. The Morgan fingerprint density at radius 1 is 1.28 bits per heavy atom. The van der Waals surface area contributed by atoms with E-state index in [-0.39, 0.29) is 5.91 Å². The predicted octanol–water partition coefficient (Wildman–Crippen LogP) is 3.48. The lowest BCUT2D eigenvalue weighted by atomic mass is 9.98. The van der Waals surface area contributed by atoms with Crippen LogP contribution in [0.25, 0.3) is 0 Å². The maximum Gasteiger partial charge on any atom is 0.257 e. The Morgan fingerprint density at radius 3 is 2.44 bits per heavy atom. The number of likely N-dealkylation sites (tertiary alicyclic amines) is 1. The Balaban J connectivity index is 2.01. The van der Waals surface area contributed by atoms with E-state index in [1.165, 1.54) is 19.3 Å². The molecule has 0 atom stereocenters. The van der Waals surface area contributed by atoms with Crippen molar-refractivity contribution in [3.05, 3.63) is 23.4 Å². The fourth-order valence-corrected chi connectivity index (χ4v) is 4.01. The topological polar surface area (TPSA) is 62.5 Å². The summed E-state index contributed by atoms with van der Waals surface area (Å²) < 4.78 is 0. The maximum atomic E-state index is 12.8. The van der Waals surface area contributed by atoms with E-state index in [2.05, 4.69) is 30.7 Å². The number of amides is 1. The van der Waals surface area contributed by atoms with Gasteiger partial charge in [0.1, 0.15) is 5.82 Å². The minimum absolute atomic E-state index is 0.0213. The minimum atomic E-state index is 0.0213. The summed E-state index contributed by atoms with van der Waals surface area (Å²) in [6.45, 7) is 11.5. The van der Waals surface area contributed by atoms with Gasteiger partial charge in [-0.2, -0.15) is 0 Å². The molecule has 0 bridgehead atoms. The number of nitrogens with two attached hydrogens (primary N) is 1. The van der Waals surface area contributed by atoms with E-state index in [4.69, 9.17) is 5.73 Å². The zero-order valence-electron chi connectivity index (χ0n) is 16.3. The molecule has 0 spiro atoms. The van der Waals surface area contributed by atoms with Crippen LogP contribution in [0.5, 0.6) is 0 Å². The number of anilines is 1. The van der Waals surface area contributed by atoms with Gasteiger partial charge in [0, 0.05) is 30.9 Å². The number of aryl methyl sites for hydroxylation is 1. The van der Waals surface area contributed by atoms with Gasteiger partial charge in [-0.05, 0) is 57.7 Å². The van der Waals surface area contributed by atoms with Crippen molar-refractivity contribution in [3.8, 4) is 0 Å². The van der Waals surface area contributed by atoms with Crippen molar-refractivity contribution < 1.29 is 4.79 Å². The molecule has 2 N–H and O–H groups in total. The molecule has 1 amide bonds. The highest BCUT2D eigenvalue weighted by atomic mass is 16.2. The van der Waals surface area contributed by atoms with Crippen LogP contribution in [-0.2, 0) is 0 Å². The molecule has 0 radical (unpaired) electrons. The molecule has 0 aliphatic carbocycles. The highest BCUT2D eigenvalue weighted by Crippen LogP contribution is 2.24. The molecule has 1 fully saturated rings. The van der Waals surface area contributed by atoms with E-state index in [1.54, 1.807) is 6.07 Å². The molecule has 5 heteroatoms. The molecule has 1 aromatic rings. The Kier molecular flexibility index (Phi) is 7.24. The van der Waals surface area contributed by atoms with Crippen LogP contribution in [0.15, 0.2) is 12.1 Å². The predicted molar refractivity (Wildman–Crippen MR) is 104 cm³/mol. The lowest BCUT2D eigenvalue weighted by molar-refractivity contribution is 0.0517. The molecule has 2 rings (SSSR count). The van der Waals surface area contributed by atoms with Crippen molar-refractivity contribution in [2.45, 2.75) is 71.9 Å². The van der Waals surface area contributed by atoms with Crippen LogP contribution < -0.4 is 5.73 Å². The summed E-state index contributed by atoms with van der Waals surface area (Å²) in [5.74, 6) is 0.366. The lowest BCUT2D eigenvalue weighted by Gasteiger charge is -2.42. The summed E-state index contributed by atoms with van der Waals surface area (Å²) in [5, 5.41) is 0. The first kappa shape index (κ1) is 19.7. The SMILES string of the molecule is CCCN(C(CC)CC)C1CCN(C(=O)c2ccc(C)nc2N)CC1. The van der Waals surface area contributed by atoms with Crippen molar-refractivity contribution in [2.75, 3.05) is 25.4 Å². The number of nitrogens with zero attached hydrogens (tertiary/aromatic N) is 3. The number of hydrogen-bond acceptors (Lipinski definition) is 4. The summed E-state index contributed by atoms with van der Waals surface area (Å²) in [6, 6.07) is 4.90. The lowest BCUT2D eigenvalue weighted by Crippen LogP contribution is -2.50. The van der Waals surface area contributed by atoms with Gasteiger partial charge in [0.25, 0.3) is 5.91 Å². The number of carbonyl (C=O) groups excluding carboxylic acids is 1. The molecule has 0 saturated carbocycles. The Hall–Kier alpha value is -1.62. The normalized spacial score (nSPS) is 16.0. The molecule has 25 heavy (non-hydrogen) atoms. The van der Waals surface area contributed by atoms with Gasteiger partial charge < -0.3 is 10.6 Å². The van der Waals surface area contributed by atoms with Crippen LogP contribution in [0.2, 0.25) is 0 Å². The van der Waals surface area contributed by atoms with Crippen molar-refractivity contribution in [1.82, 2.24) is 14.8 Å². The number of piperidine rings is 1. The van der Waals surface area contributed by atoms with Gasteiger partial charge in [0.2, 0.25) is 0 Å². The first-order chi connectivity index (χ1) is 12.0. The van der Waals surface area contributed by atoms with E-state index in [9.17, 15) is 4.79 Å². The molecule has 1 aliphatic heterocycles. The summed E-state index contributed by atoms with van der Waals surface area (Å²) >= 11 is 0. The van der Waals surface area contributed by atoms with E-state index < -0.39 is 0 Å². The summed E-state index contributed by atoms with van der Waals surface area (Å²) in [7, 11) is 0. The third kappa shape index (κ3) is 4.72. The van der Waals surface area contributed by atoms with Crippen LogP contribution in [-0.4, -0.2) is 52.4 Å². The van der Waals surface area contributed by atoms with Gasteiger partial charge in [-0.15, -0.1) is 0 Å². The van der Waals surface area contributed by atoms with Crippen LogP contribution in [0.1, 0.15) is 68.9 Å². The van der Waals surface area contributed by atoms with Gasteiger partial charge in [-0.25, -0.2) is 4.98 Å². The average molecular weight is 347 g/mol. The van der Waals surface area contributed by atoms with Crippen LogP contribution in [0, 0.1) is 6.92 Å². The van der Waals surface area contributed by atoms with E-state index >= 15 is 0 Å². The number of rotatable bonds is 7. The molecule has 0 aromatic carbocycles. The molecule has 0 unspecified atom stereocenters. The molecule has 140 valence electrons. The maximum absolute atomic E-state index is 12.8. The highest BCUT2D eigenvalue weighted by Gasteiger charge is 2.30.